The molecule has 0 aromatic carbocycles. The number of piperidine rings is 1. The van der Waals surface area contributed by atoms with Crippen molar-refractivity contribution in [3.8, 4) is 0 Å². The van der Waals surface area contributed by atoms with Crippen molar-refractivity contribution in [2.45, 2.75) is 25.1 Å². The van der Waals surface area contributed by atoms with Crippen molar-refractivity contribution in [3.05, 3.63) is 0 Å². The molecule has 1 fully saturated rings. The molecule has 0 spiro atoms. The molecule has 0 aromatic rings. The summed E-state index contributed by atoms with van der Waals surface area (Å²) in [6.07, 6.45) is -1.80. The standard InChI is InChI=1S/C11H22F3N3/c1-16-6-3-4-10(8-16)17(2)7-5-15-9-11(12,13)14/h10,15H,3-9H2,1-2H3. The van der Waals surface area contributed by atoms with Crippen LogP contribution in [-0.2, 0) is 0 Å². The molecule has 1 saturated heterocycles. The first-order valence-electron chi connectivity index (χ1n) is 6.05. The highest BCUT2D eigenvalue weighted by molar-refractivity contribution is 4.77. The molecule has 1 aliphatic heterocycles. The van der Waals surface area contributed by atoms with E-state index >= 15 is 0 Å². The molecule has 3 nitrogen and oxygen atoms in total. The zero-order chi connectivity index (χ0) is 12.9. The summed E-state index contributed by atoms with van der Waals surface area (Å²) in [6.45, 7) is 2.28. The van der Waals surface area contributed by atoms with Gasteiger partial charge in [0.1, 0.15) is 0 Å². The SMILES string of the molecule is CN1CCCC(N(C)CCNCC(F)(F)F)C1. The van der Waals surface area contributed by atoms with Crippen molar-refractivity contribution >= 4 is 0 Å². The average molecular weight is 253 g/mol. The third kappa shape index (κ3) is 6.24. The molecular weight excluding hydrogens is 231 g/mol. The minimum atomic E-state index is -4.11. The highest BCUT2D eigenvalue weighted by atomic mass is 19.4. The topological polar surface area (TPSA) is 18.5 Å². The Morgan fingerprint density at radius 3 is 2.71 bits per heavy atom. The summed E-state index contributed by atoms with van der Waals surface area (Å²) >= 11 is 0. The molecule has 0 amide bonds. The molecule has 0 saturated carbocycles. The van der Waals surface area contributed by atoms with Gasteiger partial charge >= 0.3 is 6.18 Å². The van der Waals surface area contributed by atoms with Gasteiger partial charge in [0.15, 0.2) is 0 Å². The van der Waals surface area contributed by atoms with Gasteiger partial charge in [-0.3, -0.25) is 0 Å². The van der Waals surface area contributed by atoms with Gasteiger partial charge in [-0.2, -0.15) is 13.2 Å². The van der Waals surface area contributed by atoms with Crippen LogP contribution in [0.4, 0.5) is 13.2 Å². The number of alkyl halides is 3. The van der Waals surface area contributed by atoms with E-state index in [1.165, 1.54) is 6.42 Å². The third-order valence-electron chi connectivity index (χ3n) is 3.19. The number of halogens is 3. The summed E-state index contributed by atoms with van der Waals surface area (Å²) in [5.74, 6) is 0. The summed E-state index contributed by atoms with van der Waals surface area (Å²) < 4.78 is 35.7. The number of nitrogens with one attached hydrogen (secondary N) is 1. The molecular formula is C11H22F3N3. The zero-order valence-electron chi connectivity index (χ0n) is 10.6. The zero-order valence-corrected chi connectivity index (χ0v) is 10.6. The predicted octanol–water partition coefficient (Wildman–Crippen LogP) is 1.16. The third-order valence-corrected chi connectivity index (χ3v) is 3.19. The molecule has 0 aliphatic carbocycles. The Hall–Kier alpha value is -0.330. The van der Waals surface area contributed by atoms with Crippen LogP contribution < -0.4 is 5.32 Å². The van der Waals surface area contributed by atoms with E-state index in [9.17, 15) is 13.2 Å². The van der Waals surface area contributed by atoms with Crippen molar-refractivity contribution in [3.63, 3.8) is 0 Å². The van der Waals surface area contributed by atoms with E-state index in [1.54, 1.807) is 0 Å². The van der Waals surface area contributed by atoms with Crippen LogP contribution >= 0.6 is 0 Å². The van der Waals surface area contributed by atoms with E-state index in [1.807, 2.05) is 7.05 Å². The van der Waals surface area contributed by atoms with Gasteiger partial charge in [-0.15, -0.1) is 0 Å². The number of hydrogen-bond donors (Lipinski definition) is 1. The Labute approximate surface area is 101 Å². The number of likely N-dealkylation sites (N-methyl/N-ethyl adjacent to an activating group) is 2. The number of nitrogens with zero attached hydrogens (tertiary/aromatic N) is 2. The van der Waals surface area contributed by atoms with Crippen LogP contribution in [0.1, 0.15) is 12.8 Å². The maximum atomic E-state index is 11.9. The van der Waals surface area contributed by atoms with Crippen molar-refractivity contribution in [1.82, 2.24) is 15.1 Å². The molecule has 6 heteroatoms. The largest absolute Gasteiger partial charge is 0.401 e. The van der Waals surface area contributed by atoms with Crippen molar-refractivity contribution < 1.29 is 13.2 Å². The summed E-state index contributed by atoms with van der Waals surface area (Å²) in [6, 6.07) is 0.474. The van der Waals surface area contributed by atoms with Crippen LogP contribution in [0, 0.1) is 0 Å². The molecule has 102 valence electrons. The molecule has 1 rings (SSSR count). The Morgan fingerprint density at radius 2 is 2.12 bits per heavy atom. The molecule has 0 aromatic heterocycles. The Morgan fingerprint density at radius 1 is 1.41 bits per heavy atom. The lowest BCUT2D eigenvalue weighted by Gasteiger charge is -2.35. The molecule has 1 aliphatic rings. The second-order valence-electron chi connectivity index (χ2n) is 4.83. The van der Waals surface area contributed by atoms with E-state index in [4.69, 9.17) is 0 Å². The second-order valence-corrected chi connectivity index (χ2v) is 4.83. The van der Waals surface area contributed by atoms with Crippen LogP contribution in [0.3, 0.4) is 0 Å². The summed E-state index contributed by atoms with van der Waals surface area (Å²) in [5, 5.41) is 2.43. The molecule has 1 heterocycles. The van der Waals surface area contributed by atoms with Gasteiger partial charge in [-0.25, -0.2) is 0 Å². The van der Waals surface area contributed by atoms with E-state index in [2.05, 4.69) is 22.2 Å². The Balaban J connectivity index is 2.14. The number of hydrogen-bond acceptors (Lipinski definition) is 3. The fourth-order valence-electron chi connectivity index (χ4n) is 2.17. The maximum Gasteiger partial charge on any atom is 0.401 e. The summed E-state index contributed by atoms with van der Waals surface area (Å²) in [4.78, 5) is 4.42. The lowest BCUT2D eigenvalue weighted by molar-refractivity contribution is -0.124. The van der Waals surface area contributed by atoms with E-state index < -0.39 is 12.7 Å². The smallest absolute Gasteiger partial charge is 0.307 e. The van der Waals surface area contributed by atoms with Crippen LogP contribution in [0.25, 0.3) is 0 Å². The Kier molecular flexibility index (Phi) is 5.69. The highest BCUT2D eigenvalue weighted by Gasteiger charge is 2.26. The van der Waals surface area contributed by atoms with Crippen LogP contribution in [-0.4, -0.2) is 68.8 Å². The molecule has 1 atom stereocenters. The first kappa shape index (κ1) is 14.7. The monoisotopic (exact) mass is 253 g/mol. The van der Waals surface area contributed by atoms with Gasteiger partial charge in [0, 0.05) is 25.7 Å². The van der Waals surface area contributed by atoms with Crippen molar-refractivity contribution in [1.29, 1.82) is 0 Å². The van der Waals surface area contributed by atoms with Gasteiger partial charge in [0.25, 0.3) is 0 Å². The highest BCUT2D eigenvalue weighted by Crippen LogP contribution is 2.13. The van der Waals surface area contributed by atoms with E-state index in [0.29, 0.717) is 19.1 Å². The molecule has 17 heavy (non-hydrogen) atoms. The van der Waals surface area contributed by atoms with Gasteiger partial charge in [0.2, 0.25) is 0 Å². The second kappa shape index (κ2) is 6.56. The van der Waals surface area contributed by atoms with Gasteiger partial charge in [-0.05, 0) is 33.5 Å². The summed E-state index contributed by atoms with van der Waals surface area (Å²) in [5.41, 5.74) is 0. The number of likely N-dealkylation sites (tertiary alicyclic amines) is 1. The predicted molar refractivity (Wildman–Crippen MR) is 62.1 cm³/mol. The van der Waals surface area contributed by atoms with Crippen molar-refractivity contribution in [2.24, 2.45) is 0 Å². The van der Waals surface area contributed by atoms with Crippen LogP contribution in [0.2, 0.25) is 0 Å². The lowest BCUT2D eigenvalue weighted by atomic mass is 10.1. The van der Waals surface area contributed by atoms with Crippen LogP contribution in [0.5, 0.6) is 0 Å². The maximum absolute atomic E-state index is 11.9. The van der Waals surface area contributed by atoms with E-state index in [-0.39, 0.29) is 0 Å². The fourth-order valence-corrected chi connectivity index (χ4v) is 2.17. The molecule has 0 bridgehead atoms. The van der Waals surface area contributed by atoms with Crippen LogP contribution in [0.15, 0.2) is 0 Å². The first-order chi connectivity index (χ1) is 7.88. The van der Waals surface area contributed by atoms with E-state index in [0.717, 1.165) is 19.5 Å². The average Bonchev–Trinajstić information content (AvgIpc) is 2.23. The molecule has 1 unspecified atom stereocenters. The first-order valence-corrected chi connectivity index (χ1v) is 6.05. The quantitative estimate of drug-likeness (QED) is 0.742. The Bertz CT molecular complexity index is 220. The van der Waals surface area contributed by atoms with Gasteiger partial charge < -0.3 is 15.1 Å². The minimum Gasteiger partial charge on any atom is -0.307 e. The summed E-state index contributed by atoms with van der Waals surface area (Å²) in [7, 11) is 4.07. The fraction of sp³-hybridized carbons (Fsp3) is 1.00. The molecule has 0 radical (unpaired) electrons. The van der Waals surface area contributed by atoms with Crippen molar-refractivity contribution in [2.75, 3.05) is 46.8 Å². The number of rotatable bonds is 5. The minimum absolute atomic E-state index is 0.385. The van der Waals surface area contributed by atoms with Gasteiger partial charge in [0.05, 0.1) is 6.54 Å². The molecule has 1 N–H and O–H groups in total. The lowest BCUT2D eigenvalue weighted by Crippen LogP contribution is -2.47. The normalized spacial score (nSPS) is 23.3. The van der Waals surface area contributed by atoms with Gasteiger partial charge in [-0.1, -0.05) is 0 Å².